The van der Waals surface area contributed by atoms with Gasteiger partial charge in [-0.1, -0.05) is 11.6 Å². The highest BCUT2D eigenvalue weighted by molar-refractivity contribution is 6.31. The number of methoxy groups -OCH3 is 3. The van der Waals surface area contributed by atoms with E-state index in [0.29, 0.717) is 28.0 Å². The second-order valence-corrected chi connectivity index (χ2v) is 5.22. The number of carbonyl (C=O) groups excluding carboxylic acids is 1. The molecule has 0 aliphatic carbocycles. The molecular formula is C17H18ClNO4. The number of anilines is 1. The summed E-state index contributed by atoms with van der Waals surface area (Å²) in [6, 6.07) is 8.85. The highest BCUT2D eigenvalue weighted by atomic mass is 35.5. The standard InChI is InChI=1S/C17H18ClNO4/c1-10(20)19-14-6-5-12(18)9-13(14)11-7-15(21-2)17(23-4)16(8-11)22-3/h5-9H,1-4H3,(H,19,20). The molecule has 0 radical (unpaired) electrons. The van der Waals surface area contributed by atoms with Gasteiger partial charge in [-0.2, -0.15) is 0 Å². The lowest BCUT2D eigenvalue weighted by Crippen LogP contribution is -2.07. The van der Waals surface area contributed by atoms with Crippen LogP contribution in [-0.2, 0) is 4.79 Å². The molecule has 0 fully saturated rings. The summed E-state index contributed by atoms with van der Waals surface area (Å²) in [6.45, 7) is 1.45. The van der Waals surface area contributed by atoms with Crippen molar-refractivity contribution in [3.05, 3.63) is 35.4 Å². The molecule has 0 aromatic heterocycles. The second kappa shape index (κ2) is 7.24. The molecule has 0 unspecified atom stereocenters. The number of amides is 1. The van der Waals surface area contributed by atoms with Crippen LogP contribution in [0, 0.1) is 0 Å². The fourth-order valence-corrected chi connectivity index (χ4v) is 2.46. The van der Waals surface area contributed by atoms with Gasteiger partial charge >= 0.3 is 0 Å². The van der Waals surface area contributed by atoms with Gasteiger partial charge in [-0.3, -0.25) is 4.79 Å². The Hall–Kier alpha value is -2.40. The fraction of sp³-hybridized carbons (Fsp3) is 0.235. The summed E-state index contributed by atoms with van der Waals surface area (Å²) in [5.41, 5.74) is 2.19. The monoisotopic (exact) mass is 335 g/mol. The average molecular weight is 336 g/mol. The van der Waals surface area contributed by atoms with Crippen LogP contribution in [0.5, 0.6) is 17.2 Å². The van der Waals surface area contributed by atoms with Gasteiger partial charge in [0.25, 0.3) is 0 Å². The van der Waals surface area contributed by atoms with Gasteiger partial charge in [0.2, 0.25) is 11.7 Å². The van der Waals surface area contributed by atoms with Crippen LogP contribution in [0.1, 0.15) is 6.92 Å². The molecule has 0 atom stereocenters. The van der Waals surface area contributed by atoms with Crippen molar-refractivity contribution >= 4 is 23.2 Å². The van der Waals surface area contributed by atoms with Crippen LogP contribution in [0.15, 0.2) is 30.3 Å². The minimum absolute atomic E-state index is 0.166. The fourth-order valence-electron chi connectivity index (χ4n) is 2.29. The van der Waals surface area contributed by atoms with E-state index in [9.17, 15) is 4.79 Å². The van der Waals surface area contributed by atoms with Gasteiger partial charge in [-0.05, 0) is 35.9 Å². The van der Waals surface area contributed by atoms with E-state index in [2.05, 4.69) is 5.32 Å². The van der Waals surface area contributed by atoms with E-state index in [1.165, 1.54) is 6.92 Å². The molecule has 6 heteroatoms. The van der Waals surface area contributed by atoms with Crippen molar-refractivity contribution in [2.75, 3.05) is 26.6 Å². The van der Waals surface area contributed by atoms with E-state index >= 15 is 0 Å². The van der Waals surface area contributed by atoms with Crippen molar-refractivity contribution < 1.29 is 19.0 Å². The van der Waals surface area contributed by atoms with E-state index in [-0.39, 0.29) is 5.91 Å². The van der Waals surface area contributed by atoms with Crippen LogP contribution in [0.25, 0.3) is 11.1 Å². The first-order chi connectivity index (χ1) is 11.0. The van der Waals surface area contributed by atoms with Crippen molar-refractivity contribution in [3.8, 4) is 28.4 Å². The molecule has 0 saturated heterocycles. The lowest BCUT2D eigenvalue weighted by molar-refractivity contribution is -0.114. The van der Waals surface area contributed by atoms with Crippen LogP contribution in [0.2, 0.25) is 5.02 Å². The molecule has 0 spiro atoms. The van der Waals surface area contributed by atoms with Crippen molar-refractivity contribution in [1.29, 1.82) is 0 Å². The van der Waals surface area contributed by atoms with Gasteiger partial charge in [-0.25, -0.2) is 0 Å². The van der Waals surface area contributed by atoms with E-state index in [4.69, 9.17) is 25.8 Å². The maximum absolute atomic E-state index is 11.4. The molecule has 0 bridgehead atoms. The zero-order valence-corrected chi connectivity index (χ0v) is 14.2. The molecule has 122 valence electrons. The van der Waals surface area contributed by atoms with Crippen LogP contribution < -0.4 is 19.5 Å². The predicted molar refractivity (Wildman–Crippen MR) is 90.8 cm³/mol. The first kappa shape index (κ1) is 17.0. The smallest absolute Gasteiger partial charge is 0.221 e. The van der Waals surface area contributed by atoms with Crippen LogP contribution >= 0.6 is 11.6 Å². The van der Waals surface area contributed by atoms with Crippen molar-refractivity contribution in [2.45, 2.75) is 6.92 Å². The Labute approximate surface area is 140 Å². The molecule has 1 N–H and O–H groups in total. The number of carbonyl (C=O) groups is 1. The minimum atomic E-state index is -0.166. The number of hydrogen-bond donors (Lipinski definition) is 1. The Morgan fingerprint density at radius 2 is 1.61 bits per heavy atom. The van der Waals surface area contributed by atoms with E-state index in [0.717, 1.165) is 11.1 Å². The van der Waals surface area contributed by atoms with Gasteiger partial charge in [0.05, 0.1) is 21.3 Å². The molecular weight excluding hydrogens is 318 g/mol. The topological polar surface area (TPSA) is 56.8 Å². The Kier molecular flexibility index (Phi) is 5.34. The normalized spacial score (nSPS) is 10.1. The Morgan fingerprint density at radius 1 is 1.00 bits per heavy atom. The summed E-state index contributed by atoms with van der Waals surface area (Å²) in [5, 5.41) is 3.35. The molecule has 1 amide bonds. The quantitative estimate of drug-likeness (QED) is 0.897. The van der Waals surface area contributed by atoms with Crippen molar-refractivity contribution in [2.24, 2.45) is 0 Å². The van der Waals surface area contributed by atoms with E-state index in [1.807, 2.05) is 0 Å². The molecule has 0 aliphatic heterocycles. The maximum atomic E-state index is 11.4. The molecule has 2 aromatic carbocycles. The zero-order valence-electron chi connectivity index (χ0n) is 13.4. The summed E-state index contributed by atoms with van der Waals surface area (Å²) < 4.78 is 16.1. The molecule has 0 heterocycles. The van der Waals surface area contributed by atoms with Crippen LogP contribution in [-0.4, -0.2) is 27.2 Å². The largest absolute Gasteiger partial charge is 0.493 e. The van der Waals surface area contributed by atoms with Gasteiger partial charge in [-0.15, -0.1) is 0 Å². The summed E-state index contributed by atoms with van der Waals surface area (Å²) in [6.07, 6.45) is 0. The number of halogens is 1. The third-order valence-electron chi connectivity index (χ3n) is 3.27. The molecule has 2 aromatic rings. The Bertz CT molecular complexity index is 706. The van der Waals surface area contributed by atoms with Gasteiger partial charge in [0.15, 0.2) is 11.5 Å². The summed E-state index contributed by atoms with van der Waals surface area (Å²) in [7, 11) is 4.64. The van der Waals surface area contributed by atoms with Crippen molar-refractivity contribution in [3.63, 3.8) is 0 Å². The molecule has 23 heavy (non-hydrogen) atoms. The lowest BCUT2D eigenvalue weighted by atomic mass is 10.0. The van der Waals surface area contributed by atoms with E-state index in [1.54, 1.807) is 51.7 Å². The first-order valence-electron chi connectivity index (χ1n) is 6.87. The number of rotatable bonds is 5. The lowest BCUT2D eigenvalue weighted by Gasteiger charge is -2.16. The molecule has 0 aliphatic rings. The minimum Gasteiger partial charge on any atom is -0.493 e. The molecule has 2 rings (SSSR count). The molecule has 0 saturated carbocycles. The summed E-state index contributed by atoms with van der Waals surface area (Å²) in [4.78, 5) is 11.4. The summed E-state index contributed by atoms with van der Waals surface area (Å²) in [5.74, 6) is 1.38. The molecule has 5 nitrogen and oxygen atoms in total. The number of benzene rings is 2. The number of hydrogen-bond acceptors (Lipinski definition) is 4. The van der Waals surface area contributed by atoms with E-state index < -0.39 is 0 Å². The highest BCUT2D eigenvalue weighted by Crippen LogP contribution is 2.43. The second-order valence-electron chi connectivity index (χ2n) is 4.79. The number of nitrogens with one attached hydrogen (secondary N) is 1. The highest BCUT2D eigenvalue weighted by Gasteiger charge is 2.16. The third kappa shape index (κ3) is 3.68. The first-order valence-corrected chi connectivity index (χ1v) is 7.25. The SMILES string of the molecule is COc1cc(-c2cc(Cl)ccc2NC(C)=O)cc(OC)c1OC. The van der Waals surface area contributed by atoms with Crippen LogP contribution in [0.4, 0.5) is 5.69 Å². The summed E-state index contributed by atoms with van der Waals surface area (Å²) >= 11 is 6.11. The average Bonchev–Trinajstić information content (AvgIpc) is 2.54. The third-order valence-corrected chi connectivity index (χ3v) is 3.50. The van der Waals surface area contributed by atoms with Gasteiger partial charge < -0.3 is 19.5 Å². The van der Waals surface area contributed by atoms with Crippen molar-refractivity contribution in [1.82, 2.24) is 0 Å². The van der Waals surface area contributed by atoms with Gasteiger partial charge in [0, 0.05) is 23.2 Å². The Balaban J connectivity index is 2.66. The predicted octanol–water partition coefficient (Wildman–Crippen LogP) is 3.99. The van der Waals surface area contributed by atoms with Gasteiger partial charge in [0.1, 0.15) is 0 Å². The zero-order chi connectivity index (χ0) is 17.0. The maximum Gasteiger partial charge on any atom is 0.221 e. The Morgan fingerprint density at radius 3 is 2.09 bits per heavy atom. The number of ether oxygens (including phenoxy) is 3. The van der Waals surface area contributed by atoms with Crippen LogP contribution in [0.3, 0.4) is 0 Å².